The summed E-state index contributed by atoms with van der Waals surface area (Å²) in [6, 6.07) is 18.6. The number of hydrogen-bond donors (Lipinski definition) is 1. The Morgan fingerprint density at radius 1 is 0.957 bits per heavy atom. The van der Waals surface area contributed by atoms with Gasteiger partial charge in [-0.05, 0) is 42.9 Å². The Kier molecular flexibility index (Phi) is 5.95. The fourth-order valence-corrected chi connectivity index (χ4v) is 3.54. The highest BCUT2D eigenvalue weighted by Gasteiger charge is 2.22. The molecule has 0 saturated carbocycles. The second-order valence-electron chi connectivity index (χ2n) is 6.41. The Labute approximate surface area is 144 Å². The molecule has 3 heteroatoms. The lowest BCUT2D eigenvalue weighted by molar-refractivity contribution is -0.906. The van der Waals surface area contributed by atoms with Gasteiger partial charge in [-0.1, -0.05) is 54.1 Å². The first kappa shape index (κ1) is 16.4. The van der Waals surface area contributed by atoms with Crippen LogP contribution in [0, 0.1) is 5.92 Å². The molecular formula is C20H25ClNO+. The van der Waals surface area contributed by atoms with Crippen molar-refractivity contribution >= 4 is 11.6 Å². The van der Waals surface area contributed by atoms with E-state index in [0.717, 1.165) is 24.8 Å². The first-order valence-corrected chi connectivity index (χ1v) is 8.94. The summed E-state index contributed by atoms with van der Waals surface area (Å²) in [6.45, 7) is 4.30. The summed E-state index contributed by atoms with van der Waals surface area (Å²) < 4.78 is 5.81. The molecule has 1 aliphatic rings. The smallest absolute Gasteiger partial charge is 0.138 e. The molecule has 0 spiro atoms. The third-order valence-corrected chi connectivity index (χ3v) is 5.04. The van der Waals surface area contributed by atoms with Crippen molar-refractivity contribution in [2.75, 3.05) is 26.2 Å². The van der Waals surface area contributed by atoms with Crippen LogP contribution in [0.25, 0.3) is 0 Å². The molecule has 2 nitrogen and oxygen atoms in total. The van der Waals surface area contributed by atoms with Gasteiger partial charge in [0.25, 0.3) is 0 Å². The van der Waals surface area contributed by atoms with Crippen LogP contribution < -0.4 is 9.64 Å². The van der Waals surface area contributed by atoms with E-state index in [9.17, 15) is 0 Å². The van der Waals surface area contributed by atoms with Crippen LogP contribution in [0.5, 0.6) is 5.75 Å². The maximum Gasteiger partial charge on any atom is 0.138 e. The fourth-order valence-electron chi connectivity index (χ4n) is 3.35. The first-order valence-electron chi connectivity index (χ1n) is 8.56. The van der Waals surface area contributed by atoms with E-state index >= 15 is 0 Å². The molecule has 1 fully saturated rings. The largest absolute Gasteiger partial charge is 0.486 e. The van der Waals surface area contributed by atoms with Crippen molar-refractivity contribution in [3.05, 3.63) is 65.2 Å². The number of quaternary nitrogens is 1. The van der Waals surface area contributed by atoms with Gasteiger partial charge >= 0.3 is 0 Å². The lowest BCUT2D eigenvalue weighted by atomic mass is 9.90. The minimum atomic E-state index is 0.698. The van der Waals surface area contributed by atoms with Gasteiger partial charge in [-0.25, -0.2) is 0 Å². The number of hydrogen-bond acceptors (Lipinski definition) is 1. The molecule has 122 valence electrons. The van der Waals surface area contributed by atoms with Crippen LogP contribution in [0.15, 0.2) is 54.6 Å². The van der Waals surface area contributed by atoms with Crippen molar-refractivity contribution < 1.29 is 9.64 Å². The number of piperidine rings is 1. The van der Waals surface area contributed by atoms with Crippen LogP contribution >= 0.6 is 11.6 Å². The molecule has 0 aromatic heterocycles. The number of nitrogens with one attached hydrogen (secondary N) is 1. The summed E-state index contributed by atoms with van der Waals surface area (Å²) >= 11 is 6.11. The van der Waals surface area contributed by atoms with Gasteiger partial charge in [0.05, 0.1) is 18.1 Å². The molecule has 0 radical (unpaired) electrons. The summed E-state index contributed by atoms with van der Waals surface area (Å²) in [4.78, 5) is 1.65. The third-order valence-electron chi connectivity index (χ3n) is 4.73. The summed E-state index contributed by atoms with van der Waals surface area (Å²) in [5, 5.41) is 0.698. The zero-order valence-corrected chi connectivity index (χ0v) is 14.3. The van der Waals surface area contributed by atoms with E-state index in [-0.39, 0.29) is 0 Å². The average molecular weight is 331 g/mol. The Balaban J connectivity index is 1.37. The molecule has 1 aliphatic heterocycles. The van der Waals surface area contributed by atoms with Crippen molar-refractivity contribution in [2.24, 2.45) is 5.92 Å². The lowest BCUT2D eigenvalue weighted by Crippen LogP contribution is -3.13. The molecule has 0 aliphatic carbocycles. The highest BCUT2D eigenvalue weighted by Crippen LogP contribution is 2.22. The summed E-state index contributed by atoms with van der Waals surface area (Å²) in [5.41, 5.74) is 1.48. The normalized spacial score (nSPS) is 21.1. The molecule has 1 heterocycles. The molecular weight excluding hydrogens is 306 g/mol. The van der Waals surface area contributed by atoms with Gasteiger partial charge in [-0.2, -0.15) is 0 Å². The predicted octanol–water partition coefficient (Wildman–Crippen LogP) is 3.26. The predicted molar refractivity (Wildman–Crippen MR) is 95.4 cm³/mol. The Bertz CT molecular complexity index is 594. The summed E-state index contributed by atoms with van der Waals surface area (Å²) in [5.74, 6) is 1.64. The van der Waals surface area contributed by atoms with E-state index in [4.69, 9.17) is 16.3 Å². The number of halogens is 1. The maximum atomic E-state index is 6.11. The lowest BCUT2D eigenvalue weighted by Gasteiger charge is -2.29. The number of ether oxygens (including phenoxy) is 1. The van der Waals surface area contributed by atoms with E-state index in [2.05, 4.69) is 30.3 Å². The van der Waals surface area contributed by atoms with Gasteiger partial charge in [0, 0.05) is 0 Å². The molecule has 2 aromatic carbocycles. The van der Waals surface area contributed by atoms with Crippen molar-refractivity contribution in [3.63, 3.8) is 0 Å². The van der Waals surface area contributed by atoms with Gasteiger partial charge < -0.3 is 9.64 Å². The van der Waals surface area contributed by atoms with Crippen LogP contribution in [-0.2, 0) is 6.42 Å². The van der Waals surface area contributed by atoms with Crippen molar-refractivity contribution in [3.8, 4) is 5.75 Å². The SMILES string of the molecule is Clc1ccccc1OCC[NH+]1CCC(Cc2ccccc2)CC1. The highest BCUT2D eigenvalue weighted by atomic mass is 35.5. The van der Waals surface area contributed by atoms with E-state index in [0.29, 0.717) is 5.02 Å². The molecule has 23 heavy (non-hydrogen) atoms. The number of benzene rings is 2. The van der Waals surface area contributed by atoms with E-state index in [1.165, 1.54) is 37.9 Å². The minimum Gasteiger partial charge on any atom is -0.486 e. The van der Waals surface area contributed by atoms with Crippen LogP contribution in [0.1, 0.15) is 18.4 Å². The number of rotatable bonds is 6. The Morgan fingerprint density at radius 2 is 1.65 bits per heavy atom. The van der Waals surface area contributed by atoms with E-state index in [1.807, 2.05) is 24.3 Å². The topological polar surface area (TPSA) is 13.7 Å². The van der Waals surface area contributed by atoms with Gasteiger partial charge in [0.15, 0.2) is 0 Å². The van der Waals surface area contributed by atoms with Crippen LogP contribution in [-0.4, -0.2) is 26.2 Å². The molecule has 2 aromatic rings. The zero-order chi connectivity index (χ0) is 15.9. The van der Waals surface area contributed by atoms with Crippen molar-refractivity contribution in [2.45, 2.75) is 19.3 Å². The quantitative estimate of drug-likeness (QED) is 0.858. The van der Waals surface area contributed by atoms with Gasteiger partial charge in [0.1, 0.15) is 18.9 Å². The molecule has 0 amide bonds. The van der Waals surface area contributed by atoms with Crippen LogP contribution in [0.3, 0.4) is 0 Å². The fraction of sp³-hybridized carbons (Fsp3) is 0.400. The van der Waals surface area contributed by atoms with E-state index in [1.54, 1.807) is 4.90 Å². The Hall–Kier alpha value is -1.51. The molecule has 0 bridgehead atoms. The van der Waals surface area contributed by atoms with Gasteiger partial charge in [-0.3, -0.25) is 0 Å². The molecule has 0 atom stereocenters. The second-order valence-corrected chi connectivity index (χ2v) is 6.82. The summed E-state index contributed by atoms with van der Waals surface area (Å²) in [6.07, 6.45) is 3.86. The Morgan fingerprint density at radius 3 is 2.39 bits per heavy atom. The van der Waals surface area contributed by atoms with Crippen LogP contribution in [0.4, 0.5) is 0 Å². The van der Waals surface area contributed by atoms with Gasteiger partial charge in [0.2, 0.25) is 0 Å². The molecule has 1 N–H and O–H groups in total. The summed E-state index contributed by atoms with van der Waals surface area (Å²) in [7, 11) is 0. The van der Waals surface area contributed by atoms with E-state index < -0.39 is 0 Å². The zero-order valence-electron chi connectivity index (χ0n) is 13.5. The second kappa shape index (κ2) is 8.37. The highest BCUT2D eigenvalue weighted by molar-refractivity contribution is 6.32. The standard InChI is InChI=1S/C20H24ClNO/c21-19-8-4-5-9-20(19)23-15-14-22-12-10-18(11-13-22)16-17-6-2-1-3-7-17/h1-9,18H,10-16H2/p+1. The van der Waals surface area contributed by atoms with Crippen molar-refractivity contribution in [1.29, 1.82) is 0 Å². The van der Waals surface area contributed by atoms with Gasteiger partial charge in [-0.15, -0.1) is 0 Å². The minimum absolute atomic E-state index is 0.698. The number of para-hydroxylation sites is 1. The van der Waals surface area contributed by atoms with Crippen molar-refractivity contribution in [1.82, 2.24) is 0 Å². The first-order chi connectivity index (χ1) is 11.3. The molecule has 0 unspecified atom stereocenters. The number of likely N-dealkylation sites (tertiary alicyclic amines) is 1. The average Bonchev–Trinajstić information content (AvgIpc) is 2.59. The maximum absolute atomic E-state index is 6.11. The monoisotopic (exact) mass is 330 g/mol. The molecule has 3 rings (SSSR count). The molecule has 1 saturated heterocycles. The third kappa shape index (κ3) is 4.98. The van der Waals surface area contributed by atoms with Crippen LogP contribution in [0.2, 0.25) is 5.02 Å².